The fraction of sp³-hybridized carbons (Fsp3) is 0.533. The van der Waals surface area contributed by atoms with Crippen LogP contribution in [-0.4, -0.2) is 50.3 Å². The lowest BCUT2D eigenvalue weighted by Crippen LogP contribution is -2.42. The van der Waals surface area contributed by atoms with Crippen molar-refractivity contribution >= 4 is 17.5 Å². The summed E-state index contributed by atoms with van der Waals surface area (Å²) >= 11 is 6.17. The number of aryl methyl sites for hydroxylation is 2. The Bertz CT molecular complexity index is 696. The first-order valence-corrected chi connectivity index (χ1v) is 8.11. The number of halogens is 1. The Kier molecular flexibility index (Phi) is 4.68. The van der Waals surface area contributed by atoms with Gasteiger partial charge >= 0.3 is 0 Å². The van der Waals surface area contributed by atoms with Crippen LogP contribution >= 0.6 is 11.6 Å². The summed E-state index contributed by atoms with van der Waals surface area (Å²) in [5.41, 5.74) is 1.27. The molecule has 1 atom stereocenters. The minimum atomic E-state index is -0.252. The van der Waals surface area contributed by atoms with E-state index in [1.54, 1.807) is 22.0 Å². The number of aromatic amines is 1. The van der Waals surface area contributed by atoms with Crippen LogP contribution in [0, 0.1) is 6.92 Å². The lowest BCUT2D eigenvalue weighted by atomic mass is 10.2. The lowest BCUT2D eigenvalue weighted by molar-refractivity contribution is -0.0266. The van der Waals surface area contributed by atoms with E-state index < -0.39 is 0 Å². The molecule has 1 N–H and O–H groups in total. The number of H-pyrrole nitrogens is 1. The largest absolute Gasteiger partial charge is 0.367 e. The Balaban J connectivity index is 1.74. The van der Waals surface area contributed by atoms with Crippen molar-refractivity contribution in [1.29, 1.82) is 0 Å². The van der Waals surface area contributed by atoms with Gasteiger partial charge in [-0.25, -0.2) is 4.98 Å². The zero-order chi connectivity index (χ0) is 16.4. The van der Waals surface area contributed by atoms with Crippen molar-refractivity contribution in [3.05, 3.63) is 34.6 Å². The van der Waals surface area contributed by atoms with Gasteiger partial charge in [-0.3, -0.25) is 9.48 Å². The second kappa shape index (κ2) is 6.72. The Labute approximate surface area is 139 Å². The molecular formula is C15H20ClN5O2. The van der Waals surface area contributed by atoms with E-state index >= 15 is 0 Å². The number of ether oxygens (including phenoxy) is 1. The maximum atomic E-state index is 12.7. The number of hydrogen-bond donors (Lipinski definition) is 1. The summed E-state index contributed by atoms with van der Waals surface area (Å²) in [5, 5.41) is 4.70. The van der Waals surface area contributed by atoms with Gasteiger partial charge in [-0.05, 0) is 13.3 Å². The standard InChI is InChI=1S/C15H20ClN5O2/c1-3-4-21-8-11(16)13(19-21)15(22)20-5-6-23-12(9-20)14-17-7-10(2)18-14/h7-8,12H,3-6,9H2,1-2H3,(H,17,18). The summed E-state index contributed by atoms with van der Waals surface area (Å²) in [6, 6.07) is 0. The molecule has 2 aromatic heterocycles. The van der Waals surface area contributed by atoms with E-state index in [4.69, 9.17) is 16.3 Å². The van der Waals surface area contributed by atoms with Crippen molar-refractivity contribution in [2.24, 2.45) is 0 Å². The topological polar surface area (TPSA) is 76.0 Å². The van der Waals surface area contributed by atoms with E-state index in [9.17, 15) is 4.79 Å². The van der Waals surface area contributed by atoms with Crippen LogP contribution in [-0.2, 0) is 11.3 Å². The van der Waals surface area contributed by atoms with Crippen LogP contribution in [0.25, 0.3) is 0 Å². The first kappa shape index (κ1) is 16.0. The highest BCUT2D eigenvalue weighted by Crippen LogP contribution is 2.23. The molecule has 0 spiro atoms. The lowest BCUT2D eigenvalue weighted by Gasteiger charge is -2.31. The van der Waals surface area contributed by atoms with Crippen molar-refractivity contribution < 1.29 is 9.53 Å². The molecule has 0 saturated carbocycles. The van der Waals surface area contributed by atoms with E-state index in [2.05, 4.69) is 22.0 Å². The van der Waals surface area contributed by atoms with Crippen molar-refractivity contribution in [1.82, 2.24) is 24.6 Å². The third-order valence-corrected chi connectivity index (χ3v) is 4.03. The molecule has 1 saturated heterocycles. The third-order valence-electron chi connectivity index (χ3n) is 3.75. The van der Waals surface area contributed by atoms with Crippen LogP contribution in [0.3, 0.4) is 0 Å². The summed E-state index contributed by atoms with van der Waals surface area (Å²) in [6.45, 7) is 6.14. The van der Waals surface area contributed by atoms with Gasteiger partial charge in [0.2, 0.25) is 0 Å². The third kappa shape index (κ3) is 3.40. The van der Waals surface area contributed by atoms with Gasteiger partial charge in [-0.15, -0.1) is 0 Å². The highest BCUT2D eigenvalue weighted by atomic mass is 35.5. The number of amides is 1. The number of aromatic nitrogens is 4. The second-order valence-corrected chi connectivity index (χ2v) is 6.06. The molecule has 3 rings (SSSR count). The van der Waals surface area contributed by atoms with E-state index in [0.29, 0.717) is 30.4 Å². The monoisotopic (exact) mass is 337 g/mol. The van der Waals surface area contributed by atoms with Gasteiger partial charge in [0.15, 0.2) is 5.69 Å². The van der Waals surface area contributed by atoms with Crippen LogP contribution in [0.4, 0.5) is 0 Å². The fourth-order valence-electron chi connectivity index (χ4n) is 2.63. The molecule has 0 radical (unpaired) electrons. The minimum Gasteiger partial charge on any atom is -0.367 e. The van der Waals surface area contributed by atoms with Gasteiger partial charge in [0.25, 0.3) is 5.91 Å². The van der Waals surface area contributed by atoms with Crippen LogP contribution in [0.15, 0.2) is 12.4 Å². The first-order valence-electron chi connectivity index (χ1n) is 7.73. The summed E-state index contributed by atoms with van der Waals surface area (Å²) in [6.07, 6.45) is 4.13. The average molecular weight is 338 g/mol. The molecule has 23 heavy (non-hydrogen) atoms. The Morgan fingerprint density at radius 2 is 2.39 bits per heavy atom. The van der Waals surface area contributed by atoms with E-state index in [-0.39, 0.29) is 12.0 Å². The van der Waals surface area contributed by atoms with Crippen molar-refractivity contribution in [3.63, 3.8) is 0 Å². The van der Waals surface area contributed by atoms with Crippen LogP contribution in [0.5, 0.6) is 0 Å². The van der Waals surface area contributed by atoms with Crippen molar-refractivity contribution in [3.8, 4) is 0 Å². The van der Waals surface area contributed by atoms with Crippen LogP contribution < -0.4 is 0 Å². The van der Waals surface area contributed by atoms with E-state index in [0.717, 1.165) is 24.5 Å². The predicted molar refractivity (Wildman–Crippen MR) is 85.4 cm³/mol. The van der Waals surface area contributed by atoms with E-state index in [1.165, 1.54) is 0 Å². The molecule has 0 bridgehead atoms. The normalized spacial score (nSPS) is 18.4. The maximum absolute atomic E-state index is 12.7. The van der Waals surface area contributed by atoms with Gasteiger partial charge in [0.1, 0.15) is 11.9 Å². The number of nitrogens with zero attached hydrogens (tertiary/aromatic N) is 4. The fourth-order valence-corrected chi connectivity index (χ4v) is 2.86. The summed E-state index contributed by atoms with van der Waals surface area (Å²) < 4.78 is 7.43. The smallest absolute Gasteiger partial charge is 0.276 e. The molecule has 1 fully saturated rings. The number of nitrogens with one attached hydrogen (secondary N) is 1. The SMILES string of the molecule is CCCn1cc(Cl)c(C(=O)N2CCOC(c3ncc(C)[nH]3)C2)n1. The van der Waals surface area contributed by atoms with Gasteiger partial charge in [0.05, 0.1) is 18.2 Å². The number of morpholine rings is 1. The first-order chi connectivity index (χ1) is 11.1. The number of hydrogen-bond acceptors (Lipinski definition) is 4. The molecular weight excluding hydrogens is 318 g/mol. The minimum absolute atomic E-state index is 0.165. The molecule has 2 aromatic rings. The Morgan fingerprint density at radius 1 is 1.57 bits per heavy atom. The van der Waals surface area contributed by atoms with Crippen molar-refractivity contribution in [2.75, 3.05) is 19.7 Å². The molecule has 124 valence electrons. The Hall–Kier alpha value is -1.86. The average Bonchev–Trinajstić information content (AvgIpc) is 3.13. The van der Waals surface area contributed by atoms with Crippen LogP contribution in [0.1, 0.15) is 41.5 Å². The number of carbonyl (C=O) groups is 1. The highest BCUT2D eigenvalue weighted by Gasteiger charge is 2.30. The van der Waals surface area contributed by atoms with Crippen molar-refractivity contribution in [2.45, 2.75) is 32.9 Å². The number of imidazole rings is 1. The molecule has 1 unspecified atom stereocenters. The zero-order valence-electron chi connectivity index (χ0n) is 13.3. The summed E-state index contributed by atoms with van der Waals surface area (Å²) in [4.78, 5) is 21.9. The Morgan fingerprint density at radius 3 is 3.09 bits per heavy atom. The molecule has 8 heteroatoms. The van der Waals surface area contributed by atoms with Gasteiger partial charge in [-0.1, -0.05) is 18.5 Å². The highest BCUT2D eigenvalue weighted by molar-refractivity contribution is 6.33. The number of carbonyl (C=O) groups excluding carboxylic acids is 1. The predicted octanol–water partition coefficient (Wildman–Crippen LogP) is 2.19. The molecule has 1 aliphatic heterocycles. The number of rotatable bonds is 4. The summed E-state index contributed by atoms with van der Waals surface area (Å²) in [7, 11) is 0. The molecule has 7 nitrogen and oxygen atoms in total. The van der Waals surface area contributed by atoms with Gasteiger partial charge in [0, 0.05) is 31.2 Å². The zero-order valence-corrected chi connectivity index (χ0v) is 14.0. The van der Waals surface area contributed by atoms with E-state index in [1.807, 2.05) is 6.92 Å². The molecule has 0 aromatic carbocycles. The molecule has 1 aliphatic rings. The van der Waals surface area contributed by atoms with Crippen LogP contribution in [0.2, 0.25) is 5.02 Å². The second-order valence-electron chi connectivity index (χ2n) is 5.65. The quantitative estimate of drug-likeness (QED) is 0.927. The summed E-state index contributed by atoms with van der Waals surface area (Å²) in [5.74, 6) is 0.573. The maximum Gasteiger partial charge on any atom is 0.276 e. The van der Waals surface area contributed by atoms with Gasteiger partial charge in [-0.2, -0.15) is 5.10 Å². The molecule has 1 amide bonds. The molecule has 3 heterocycles. The molecule has 0 aliphatic carbocycles. The van der Waals surface area contributed by atoms with Gasteiger partial charge < -0.3 is 14.6 Å².